The molecule has 31 heavy (non-hydrogen) atoms. The minimum absolute atomic E-state index is 0.0668. The number of nitrogens with one attached hydrogen (secondary N) is 3. The molecule has 0 saturated carbocycles. The van der Waals surface area contributed by atoms with Crippen molar-refractivity contribution in [3.63, 3.8) is 0 Å². The first-order valence-corrected chi connectivity index (χ1v) is 10.9. The number of nitrogens with zero attached hydrogens (tertiary/aromatic N) is 2. The van der Waals surface area contributed by atoms with Crippen molar-refractivity contribution in [1.82, 2.24) is 20.2 Å². The van der Waals surface area contributed by atoms with E-state index in [1.165, 1.54) is 5.56 Å². The molecule has 0 atom stereocenters. The summed E-state index contributed by atoms with van der Waals surface area (Å²) in [6.07, 6.45) is 5.52. The Hall–Kier alpha value is -3.12. The van der Waals surface area contributed by atoms with Crippen LogP contribution in [-0.2, 0) is 10.3 Å². The zero-order chi connectivity index (χ0) is 21.8. The van der Waals surface area contributed by atoms with E-state index in [1.807, 2.05) is 12.3 Å². The Labute approximate surface area is 182 Å². The van der Waals surface area contributed by atoms with Gasteiger partial charge in [-0.2, -0.15) is 0 Å². The van der Waals surface area contributed by atoms with Crippen LogP contribution in [0.4, 0.5) is 5.69 Å². The molecule has 1 amide bonds. The fraction of sp³-hybridized carbons (Fsp3) is 0.360. The molecular weight excluding hydrogens is 386 g/mol. The first-order chi connectivity index (χ1) is 14.8. The second-order valence-electron chi connectivity index (χ2n) is 9.38. The van der Waals surface area contributed by atoms with Crippen LogP contribution in [0.25, 0.3) is 27.9 Å². The Morgan fingerprint density at radius 1 is 1.23 bits per heavy atom. The normalized spacial score (nSPS) is 18.7. The summed E-state index contributed by atoms with van der Waals surface area (Å²) >= 11 is 0. The van der Waals surface area contributed by atoms with Gasteiger partial charge >= 0.3 is 0 Å². The molecule has 0 aliphatic carbocycles. The number of carbonyl (C=O) groups excluding carboxylic acids is 1. The van der Waals surface area contributed by atoms with E-state index in [0.29, 0.717) is 0 Å². The van der Waals surface area contributed by atoms with E-state index in [0.717, 1.165) is 65.0 Å². The Morgan fingerprint density at radius 2 is 2.00 bits per heavy atom. The number of hydrogen-bond donors (Lipinski definition) is 3. The van der Waals surface area contributed by atoms with Gasteiger partial charge in [-0.1, -0.05) is 18.7 Å². The molecule has 3 aromatic rings. The van der Waals surface area contributed by atoms with Crippen molar-refractivity contribution < 1.29 is 4.79 Å². The number of piperidine rings is 1. The number of likely N-dealkylation sites (tertiary alicyclic amines) is 1. The smallest absolute Gasteiger partial charge is 0.227 e. The number of hydrogen-bond acceptors (Lipinski definition) is 4. The monoisotopic (exact) mass is 415 g/mol. The van der Waals surface area contributed by atoms with Crippen molar-refractivity contribution in [2.75, 3.05) is 25.5 Å². The minimum atomic E-state index is -0.153. The van der Waals surface area contributed by atoms with Crippen LogP contribution in [0.1, 0.15) is 37.8 Å². The molecule has 1 saturated heterocycles. The van der Waals surface area contributed by atoms with Crippen LogP contribution < -0.4 is 10.6 Å². The van der Waals surface area contributed by atoms with Crippen LogP contribution in [0.2, 0.25) is 0 Å². The van der Waals surface area contributed by atoms with Gasteiger partial charge in [0.2, 0.25) is 5.91 Å². The van der Waals surface area contributed by atoms with Crippen LogP contribution in [0, 0.1) is 5.92 Å². The van der Waals surface area contributed by atoms with Crippen LogP contribution >= 0.6 is 0 Å². The molecule has 1 fully saturated rings. The molecule has 0 spiro atoms. The van der Waals surface area contributed by atoms with Gasteiger partial charge in [0.15, 0.2) is 0 Å². The topological polar surface area (TPSA) is 73.0 Å². The molecule has 5 rings (SSSR count). The third-order valence-electron chi connectivity index (χ3n) is 6.68. The lowest BCUT2D eigenvalue weighted by atomic mass is 9.91. The second-order valence-corrected chi connectivity index (χ2v) is 9.38. The lowest BCUT2D eigenvalue weighted by molar-refractivity contribution is -0.121. The summed E-state index contributed by atoms with van der Waals surface area (Å²) in [6, 6.07) is 8.51. The predicted octanol–water partition coefficient (Wildman–Crippen LogP) is 4.32. The van der Waals surface area contributed by atoms with Gasteiger partial charge in [0.1, 0.15) is 5.65 Å². The number of anilines is 1. The molecule has 2 aliphatic rings. The Morgan fingerprint density at radius 3 is 2.77 bits per heavy atom. The van der Waals surface area contributed by atoms with Gasteiger partial charge in [-0.3, -0.25) is 4.79 Å². The number of pyridine rings is 1. The quantitative estimate of drug-likeness (QED) is 0.596. The van der Waals surface area contributed by atoms with Gasteiger partial charge in [0, 0.05) is 34.3 Å². The van der Waals surface area contributed by atoms with Crippen LogP contribution in [0.3, 0.4) is 0 Å². The lowest BCUT2D eigenvalue weighted by Crippen LogP contribution is -2.35. The standard InChI is InChI=1S/C25H29N5O/c1-15-19-6-5-17(11-22(19)25(2,3)29-15)21-14-27-23-20(21)12-18(13-26-23)28-24(31)16-7-9-30(4)10-8-16/h5-6,11-14,16,29H,1,7-10H2,2-4H3,(H,26,27)(H,28,31). The predicted molar refractivity (Wildman–Crippen MR) is 126 cm³/mol. The molecule has 6 nitrogen and oxygen atoms in total. The number of H-pyrrole nitrogens is 1. The van der Waals surface area contributed by atoms with Crippen molar-refractivity contribution in [2.24, 2.45) is 5.92 Å². The summed E-state index contributed by atoms with van der Waals surface area (Å²) < 4.78 is 0. The average molecular weight is 416 g/mol. The average Bonchev–Trinajstić information content (AvgIpc) is 3.26. The summed E-state index contributed by atoms with van der Waals surface area (Å²) in [5.74, 6) is 0.160. The zero-order valence-electron chi connectivity index (χ0n) is 18.4. The van der Waals surface area contributed by atoms with Gasteiger partial charge in [-0.25, -0.2) is 4.98 Å². The maximum Gasteiger partial charge on any atom is 0.227 e. The van der Waals surface area contributed by atoms with Crippen molar-refractivity contribution in [3.05, 3.63) is 54.4 Å². The molecule has 2 aromatic heterocycles. The molecule has 0 radical (unpaired) electrons. The third kappa shape index (κ3) is 3.51. The largest absolute Gasteiger partial charge is 0.376 e. The summed E-state index contributed by atoms with van der Waals surface area (Å²) in [6.45, 7) is 10.4. The molecular formula is C25H29N5O. The molecule has 6 heteroatoms. The maximum atomic E-state index is 12.8. The highest BCUT2D eigenvalue weighted by Gasteiger charge is 2.32. The van der Waals surface area contributed by atoms with Gasteiger partial charge in [-0.15, -0.1) is 0 Å². The van der Waals surface area contributed by atoms with E-state index in [4.69, 9.17) is 0 Å². The Bertz CT molecular complexity index is 1180. The molecule has 2 aliphatic heterocycles. The zero-order valence-corrected chi connectivity index (χ0v) is 18.4. The first kappa shape index (κ1) is 19.8. The minimum Gasteiger partial charge on any atom is -0.376 e. The van der Waals surface area contributed by atoms with Crippen molar-refractivity contribution >= 4 is 28.3 Å². The van der Waals surface area contributed by atoms with Crippen molar-refractivity contribution in [3.8, 4) is 11.1 Å². The Kier molecular flexibility index (Phi) is 4.63. The second kappa shape index (κ2) is 7.24. The first-order valence-electron chi connectivity index (χ1n) is 10.9. The SMILES string of the molecule is C=C1NC(C)(C)c2cc(-c3c[nH]c4ncc(NC(=O)C5CCN(C)CC5)cc34)ccc21. The molecule has 1 aromatic carbocycles. The number of benzene rings is 1. The number of fused-ring (bicyclic) bond motifs is 2. The summed E-state index contributed by atoms with van der Waals surface area (Å²) in [4.78, 5) is 22.8. The summed E-state index contributed by atoms with van der Waals surface area (Å²) in [5, 5.41) is 7.56. The van der Waals surface area contributed by atoms with Gasteiger partial charge in [0.25, 0.3) is 0 Å². The molecule has 0 bridgehead atoms. The highest BCUT2D eigenvalue weighted by molar-refractivity contribution is 5.99. The van der Waals surface area contributed by atoms with Gasteiger partial charge < -0.3 is 20.5 Å². The molecule has 3 N–H and O–H groups in total. The fourth-order valence-electron chi connectivity index (χ4n) is 4.83. The number of aromatic nitrogens is 2. The maximum absolute atomic E-state index is 12.8. The van der Waals surface area contributed by atoms with Crippen LogP contribution in [0.5, 0.6) is 0 Å². The number of carbonyl (C=O) groups is 1. The van der Waals surface area contributed by atoms with E-state index >= 15 is 0 Å². The van der Waals surface area contributed by atoms with Crippen molar-refractivity contribution in [1.29, 1.82) is 0 Å². The summed E-state index contributed by atoms with van der Waals surface area (Å²) in [7, 11) is 2.10. The van der Waals surface area contributed by atoms with Crippen LogP contribution in [0.15, 0.2) is 43.2 Å². The number of aromatic amines is 1. The molecule has 160 valence electrons. The van der Waals surface area contributed by atoms with E-state index in [-0.39, 0.29) is 17.4 Å². The summed E-state index contributed by atoms with van der Waals surface area (Å²) in [5.41, 5.74) is 6.97. The highest BCUT2D eigenvalue weighted by Crippen LogP contribution is 2.39. The number of rotatable bonds is 3. The molecule has 0 unspecified atom stereocenters. The van der Waals surface area contributed by atoms with Gasteiger partial charge in [0.05, 0.1) is 17.4 Å². The van der Waals surface area contributed by atoms with Gasteiger partial charge in [-0.05, 0) is 70.1 Å². The van der Waals surface area contributed by atoms with Crippen LogP contribution in [-0.4, -0.2) is 40.9 Å². The lowest BCUT2D eigenvalue weighted by Gasteiger charge is -2.28. The van der Waals surface area contributed by atoms with E-state index in [2.05, 4.69) is 71.2 Å². The Balaban J connectivity index is 1.45. The highest BCUT2D eigenvalue weighted by atomic mass is 16.1. The van der Waals surface area contributed by atoms with E-state index in [1.54, 1.807) is 6.20 Å². The van der Waals surface area contributed by atoms with Crippen molar-refractivity contribution in [2.45, 2.75) is 32.2 Å². The van der Waals surface area contributed by atoms with E-state index < -0.39 is 0 Å². The third-order valence-corrected chi connectivity index (χ3v) is 6.68. The molecule has 4 heterocycles. The number of amides is 1. The fourth-order valence-corrected chi connectivity index (χ4v) is 4.83. The van der Waals surface area contributed by atoms with E-state index in [9.17, 15) is 4.79 Å².